The van der Waals surface area contributed by atoms with Gasteiger partial charge >= 0.3 is 0 Å². The average molecular weight is 399 g/mol. The van der Waals surface area contributed by atoms with Crippen molar-refractivity contribution in [1.82, 2.24) is 19.8 Å². The molecule has 0 amide bonds. The molecule has 2 aromatic heterocycles. The number of aromatic nitrogens is 2. The predicted molar refractivity (Wildman–Crippen MR) is 113 cm³/mol. The first-order valence-corrected chi connectivity index (χ1v) is 10.4. The molecule has 0 aliphatic carbocycles. The van der Waals surface area contributed by atoms with Gasteiger partial charge in [0, 0.05) is 43.2 Å². The van der Waals surface area contributed by atoms with E-state index >= 15 is 0 Å². The van der Waals surface area contributed by atoms with Crippen molar-refractivity contribution in [3.8, 4) is 5.75 Å². The molecular weight excluding hydrogens is 372 g/mol. The summed E-state index contributed by atoms with van der Waals surface area (Å²) in [5.74, 6) is 1.71. The van der Waals surface area contributed by atoms with Crippen LogP contribution in [0.1, 0.15) is 21.8 Å². The number of hydrogen-bond donors (Lipinski definition) is 1. The summed E-state index contributed by atoms with van der Waals surface area (Å²) in [7, 11) is 1.72. The zero-order chi connectivity index (χ0) is 19.7. The molecule has 0 saturated carbocycles. The van der Waals surface area contributed by atoms with E-state index in [1.807, 2.05) is 26.0 Å². The molecule has 0 spiro atoms. The number of para-hydroxylation sites is 1. The number of aromatic amines is 1. The Morgan fingerprint density at radius 3 is 2.50 bits per heavy atom. The molecule has 1 N–H and O–H groups in total. The number of aryl methyl sites for hydroxylation is 2. The van der Waals surface area contributed by atoms with E-state index in [4.69, 9.17) is 9.72 Å². The number of hydrogen-bond acceptors (Lipinski definition) is 6. The Morgan fingerprint density at radius 2 is 1.79 bits per heavy atom. The van der Waals surface area contributed by atoms with Gasteiger partial charge in [-0.1, -0.05) is 18.2 Å². The highest BCUT2D eigenvalue weighted by Gasteiger charge is 2.20. The molecule has 1 aliphatic rings. The molecule has 28 heavy (non-hydrogen) atoms. The molecule has 7 heteroatoms. The number of piperazine rings is 1. The van der Waals surface area contributed by atoms with E-state index in [0.717, 1.165) is 65.0 Å². The fourth-order valence-electron chi connectivity index (χ4n) is 3.77. The second-order valence-corrected chi connectivity index (χ2v) is 8.54. The van der Waals surface area contributed by atoms with Crippen molar-refractivity contribution >= 4 is 21.6 Å². The summed E-state index contributed by atoms with van der Waals surface area (Å²) in [4.78, 5) is 27.0. The maximum absolute atomic E-state index is 12.5. The highest BCUT2D eigenvalue weighted by molar-refractivity contribution is 7.18. The second-order valence-electron chi connectivity index (χ2n) is 7.34. The summed E-state index contributed by atoms with van der Waals surface area (Å²) < 4.78 is 5.47. The number of ether oxygens (including phenoxy) is 1. The van der Waals surface area contributed by atoms with Crippen molar-refractivity contribution < 1.29 is 4.74 Å². The summed E-state index contributed by atoms with van der Waals surface area (Å²) in [5, 5.41) is 0.743. The Morgan fingerprint density at radius 1 is 1.11 bits per heavy atom. The van der Waals surface area contributed by atoms with Gasteiger partial charge in [0.25, 0.3) is 5.56 Å². The van der Waals surface area contributed by atoms with Gasteiger partial charge in [-0.25, -0.2) is 4.98 Å². The van der Waals surface area contributed by atoms with Crippen LogP contribution in [0, 0.1) is 13.8 Å². The molecule has 148 valence electrons. The van der Waals surface area contributed by atoms with Crippen LogP contribution in [-0.4, -0.2) is 53.1 Å². The van der Waals surface area contributed by atoms with Crippen LogP contribution in [0.2, 0.25) is 0 Å². The van der Waals surface area contributed by atoms with Crippen molar-refractivity contribution in [3.05, 3.63) is 56.4 Å². The Kier molecular flexibility index (Phi) is 5.48. The van der Waals surface area contributed by atoms with Gasteiger partial charge in [0.2, 0.25) is 0 Å². The number of rotatable bonds is 5. The predicted octanol–water partition coefficient (Wildman–Crippen LogP) is 2.93. The van der Waals surface area contributed by atoms with E-state index in [9.17, 15) is 4.79 Å². The summed E-state index contributed by atoms with van der Waals surface area (Å²) in [6.07, 6.45) is 0. The van der Waals surface area contributed by atoms with E-state index in [0.29, 0.717) is 6.54 Å². The van der Waals surface area contributed by atoms with Gasteiger partial charge in [-0.3, -0.25) is 14.6 Å². The average Bonchev–Trinajstić information content (AvgIpc) is 2.98. The summed E-state index contributed by atoms with van der Waals surface area (Å²) in [5.41, 5.74) is 2.25. The molecule has 1 aliphatic heterocycles. The van der Waals surface area contributed by atoms with E-state index < -0.39 is 0 Å². The number of methoxy groups -OCH3 is 1. The van der Waals surface area contributed by atoms with Crippen molar-refractivity contribution in [2.45, 2.75) is 26.9 Å². The maximum atomic E-state index is 12.5. The smallest absolute Gasteiger partial charge is 0.259 e. The third kappa shape index (κ3) is 3.83. The molecule has 0 bridgehead atoms. The normalized spacial score (nSPS) is 16.0. The molecule has 0 atom stereocenters. The molecule has 1 fully saturated rings. The first-order valence-electron chi connectivity index (χ1n) is 9.60. The van der Waals surface area contributed by atoms with Crippen molar-refractivity contribution in [2.24, 2.45) is 0 Å². The minimum Gasteiger partial charge on any atom is -0.496 e. The molecule has 3 aromatic rings. The van der Waals surface area contributed by atoms with Crippen molar-refractivity contribution in [2.75, 3.05) is 33.3 Å². The zero-order valence-corrected chi connectivity index (χ0v) is 17.4. The zero-order valence-electron chi connectivity index (χ0n) is 16.6. The van der Waals surface area contributed by atoms with Crippen molar-refractivity contribution in [3.63, 3.8) is 0 Å². The largest absolute Gasteiger partial charge is 0.496 e. The Bertz CT molecular complexity index is 1030. The lowest BCUT2D eigenvalue weighted by atomic mass is 10.1. The lowest BCUT2D eigenvalue weighted by Crippen LogP contribution is -2.45. The monoisotopic (exact) mass is 398 g/mol. The number of fused-ring (bicyclic) bond motifs is 1. The van der Waals surface area contributed by atoms with Gasteiger partial charge in [-0.15, -0.1) is 11.3 Å². The van der Waals surface area contributed by atoms with E-state index in [1.54, 1.807) is 18.4 Å². The third-order valence-electron chi connectivity index (χ3n) is 5.51. The van der Waals surface area contributed by atoms with Crippen molar-refractivity contribution in [1.29, 1.82) is 0 Å². The SMILES string of the molecule is COc1ccccc1CN1CCN(Cc2nc3sc(C)c(C)c3c(=O)[nH]2)CC1. The van der Waals surface area contributed by atoms with Crippen LogP contribution in [0.15, 0.2) is 29.1 Å². The Hall–Kier alpha value is -2.22. The molecular formula is C21H26N4O2S. The number of nitrogens with one attached hydrogen (secondary N) is 1. The third-order valence-corrected chi connectivity index (χ3v) is 6.61. The summed E-state index contributed by atoms with van der Waals surface area (Å²) in [6, 6.07) is 8.19. The van der Waals surface area contributed by atoms with Gasteiger partial charge in [-0.05, 0) is 25.5 Å². The molecule has 1 saturated heterocycles. The van der Waals surface area contributed by atoms with Crippen LogP contribution in [0.5, 0.6) is 5.75 Å². The lowest BCUT2D eigenvalue weighted by Gasteiger charge is -2.34. The highest BCUT2D eigenvalue weighted by atomic mass is 32.1. The van der Waals surface area contributed by atoms with Crippen LogP contribution in [0.25, 0.3) is 10.2 Å². The van der Waals surface area contributed by atoms with E-state index in [2.05, 4.69) is 26.9 Å². The van der Waals surface area contributed by atoms with E-state index in [-0.39, 0.29) is 5.56 Å². The summed E-state index contributed by atoms with van der Waals surface area (Å²) in [6.45, 7) is 9.51. The quantitative estimate of drug-likeness (QED) is 0.716. The van der Waals surface area contributed by atoms with Crippen LogP contribution >= 0.6 is 11.3 Å². The first kappa shape index (κ1) is 19.1. The van der Waals surface area contributed by atoms with Crippen LogP contribution in [0.3, 0.4) is 0 Å². The minimum absolute atomic E-state index is 0.0170. The van der Waals surface area contributed by atoms with Gasteiger partial charge < -0.3 is 9.72 Å². The highest BCUT2D eigenvalue weighted by Crippen LogP contribution is 2.26. The lowest BCUT2D eigenvalue weighted by molar-refractivity contribution is 0.119. The molecule has 0 unspecified atom stereocenters. The summed E-state index contributed by atoms with van der Waals surface area (Å²) >= 11 is 1.60. The fraction of sp³-hybridized carbons (Fsp3) is 0.429. The number of thiophene rings is 1. The molecule has 4 rings (SSSR count). The first-order chi connectivity index (χ1) is 13.5. The Labute approximate surface area is 168 Å². The standard InChI is InChI=1S/C21H26N4O2S/c1-14-15(2)28-21-19(14)20(26)22-18(23-21)13-25-10-8-24(9-11-25)12-16-6-4-5-7-17(16)27-3/h4-7H,8-13H2,1-3H3,(H,22,23,26). The second kappa shape index (κ2) is 8.03. The minimum atomic E-state index is -0.0170. The topological polar surface area (TPSA) is 61.5 Å². The van der Waals surface area contributed by atoms with Gasteiger partial charge in [0.15, 0.2) is 0 Å². The molecule has 3 heterocycles. The van der Waals surface area contributed by atoms with Gasteiger partial charge in [-0.2, -0.15) is 0 Å². The number of benzene rings is 1. The Balaban J connectivity index is 1.39. The van der Waals surface area contributed by atoms with E-state index in [1.165, 1.54) is 5.56 Å². The van der Waals surface area contributed by atoms with Crippen LogP contribution in [-0.2, 0) is 13.1 Å². The fourth-order valence-corrected chi connectivity index (χ4v) is 4.81. The van der Waals surface area contributed by atoms with Crippen LogP contribution in [0.4, 0.5) is 0 Å². The van der Waals surface area contributed by atoms with Gasteiger partial charge in [0.1, 0.15) is 16.4 Å². The maximum Gasteiger partial charge on any atom is 0.259 e. The molecule has 6 nitrogen and oxygen atoms in total. The molecule has 1 aromatic carbocycles. The van der Waals surface area contributed by atoms with Crippen LogP contribution < -0.4 is 10.3 Å². The number of nitrogens with zero attached hydrogens (tertiary/aromatic N) is 3. The molecule has 0 radical (unpaired) electrons. The van der Waals surface area contributed by atoms with Gasteiger partial charge in [0.05, 0.1) is 19.0 Å². The number of H-pyrrole nitrogens is 1.